The van der Waals surface area contributed by atoms with Crippen molar-refractivity contribution < 1.29 is 0 Å². The summed E-state index contributed by atoms with van der Waals surface area (Å²) in [6, 6.07) is 4.32. The Labute approximate surface area is 89.7 Å². The van der Waals surface area contributed by atoms with E-state index in [1.54, 1.807) is 6.20 Å². The van der Waals surface area contributed by atoms with Crippen LogP contribution in [0.1, 0.15) is 18.5 Å². The SMILES string of the molecule is CNC(Cc1ncccc1Cl)C1CC1. The highest BCUT2D eigenvalue weighted by atomic mass is 35.5. The van der Waals surface area contributed by atoms with E-state index in [4.69, 9.17) is 11.6 Å². The van der Waals surface area contributed by atoms with E-state index >= 15 is 0 Å². The third kappa shape index (κ3) is 2.25. The van der Waals surface area contributed by atoms with Crippen LogP contribution in [0.25, 0.3) is 0 Å². The van der Waals surface area contributed by atoms with Crippen molar-refractivity contribution in [2.75, 3.05) is 7.05 Å². The van der Waals surface area contributed by atoms with Gasteiger partial charge in [0.1, 0.15) is 0 Å². The molecule has 1 saturated carbocycles. The molecule has 76 valence electrons. The minimum atomic E-state index is 0.544. The van der Waals surface area contributed by atoms with Crippen LogP contribution in [0.15, 0.2) is 18.3 Å². The van der Waals surface area contributed by atoms with Gasteiger partial charge in [-0.3, -0.25) is 4.98 Å². The smallest absolute Gasteiger partial charge is 0.0622 e. The number of pyridine rings is 1. The summed E-state index contributed by atoms with van der Waals surface area (Å²) in [5.41, 5.74) is 1.01. The third-order valence-electron chi connectivity index (χ3n) is 2.81. The number of nitrogens with zero attached hydrogens (tertiary/aromatic N) is 1. The third-order valence-corrected chi connectivity index (χ3v) is 3.15. The molecule has 14 heavy (non-hydrogen) atoms. The molecule has 0 amide bonds. The number of aromatic nitrogens is 1. The van der Waals surface area contributed by atoms with Gasteiger partial charge in [-0.1, -0.05) is 11.6 Å². The van der Waals surface area contributed by atoms with Crippen molar-refractivity contribution in [2.24, 2.45) is 5.92 Å². The van der Waals surface area contributed by atoms with Crippen LogP contribution in [-0.2, 0) is 6.42 Å². The van der Waals surface area contributed by atoms with Gasteiger partial charge in [0.05, 0.1) is 10.7 Å². The van der Waals surface area contributed by atoms with Crippen LogP contribution in [0.4, 0.5) is 0 Å². The first-order valence-electron chi connectivity index (χ1n) is 5.08. The maximum absolute atomic E-state index is 6.06. The van der Waals surface area contributed by atoms with Crippen LogP contribution < -0.4 is 5.32 Å². The molecule has 0 aliphatic heterocycles. The molecule has 0 radical (unpaired) electrons. The summed E-state index contributed by atoms with van der Waals surface area (Å²) < 4.78 is 0. The van der Waals surface area contributed by atoms with Gasteiger partial charge in [0, 0.05) is 18.7 Å². The number of rotatable bonds is 4. The standard InChI is InChI=1S/C11H15ClN2/c1-13-10(8-4-5-8)7-11-9(12)3-2-6-14-11/h2-3,6,8,10,13H,4-5,7H2,1H3. The van der Waals surface area contributed by atoms with Crippen molar-refractivity contribution in [3.63, 3.8) is 0 Å². The molecular weight excluding hydrogens is 196 g/mol. The second kappa shape index (κ2) is 4.28. The monoisotopic (exact) mass is 210 g/mol. The van der Waals surface area contributed by atoms with Crippen molar-refractivity contribution >= 4 is 11.6 Å². The number of nitrogens with one attached hydrogen (secondary N) is 1. The van der Waals surface area contributed by atoms with E-state index in [1.165, 1.54) is 12.8 Å². The summed E-state index contributed by atoms with van der Waals surface area (Å²) in [5.74, 6) is 0.832. The zero-order valence-electron chi connectivity index (χ0n) is 8.33. The fraction of sp³-hybridized carbons (Fsp3) is 0.545. The molecule has 0 spiro atoms. The van der Waals surface area contributed by atoms with Gasteiger partial charge in [-0.25, -0.2) is 0 Å². The van der Waals surface area contributed by atoms with Crippen molar-refractivity contribution in [2.45, 2.75) is 25.3 Å². The molecule has 1 unspecified atom stereocenters. The molecule has 1 heterocycles. The summed E-state index contributed by atoms with van der Waals surface area (Å²) in [7, 11) is 2.01. The molecule has 0 bridgehead atoms. The van der Waals surface area contributed by atoms with Gasteiger partial charge >= 0.3 is 0 Å². The van der Waals surface area contributed by atoms with Crippen LogP contribution in [-0.4, -0.2) is 18.1 Å². The van der Waals surface area contributed by atoms with Gasteiger partial charge < -0.3 is 5.32 Å². The highest BCUT2D eigenvalue weighted by Crippen LogP contribution is 2.34. The molecular formula is C11H15ClN2. The Morgan fingerprint density at radius 1 is 1.64 bits per heavy atom. The zero-order valence-corrected chi connectivity index (χ0v) is 9.09. The second-order valence-electron chi connectivity index (χ2n) is 3.87. The summed E-state index contributed by atoms with van der Waals surface area (Å²) in [6.07, 6.45) is 5.44. The average Bonchev–Trinajstić information content (AvgIpc) is 3.00. The lowest BCUT2D eigenvalue weighted by atomic mass is 10.1. The topological polar surface area (TPSA) is 24.9 Å². The molecule has 1 aliphatic carbocycles. The van der Waals surface area contributed by atoms with Crippen LogP contribution in [0.2, 0.25) is 5.02 Å². The Morgan fingerprint density at radius 3 is 3.00 bits per heavy atom. The largest absolute Gasteiger partial charge is 0.316 e. The Bertz CT molecular complexity index is 310. The van der Waals surface area contributed by atoms with Crippen LogP contribution in [0.5, 0.6) is 0 Å². The maximum atomic E-state index is 6.06. The lowest BCUT2D eigenvalue weighted by molar-refractivity contribution is 0.496. The van der Waals surface area contributed by atoms with Crippen molar-refractivity contribution in [1.29, 1.82) is 0 Å². The first kappa shape index (κ1) is 9.94. The van der Waals surface area contributed by atoms with Crippen LogP contribution >= 0.6 is 11.6 Å². The van der Waals surface area contributed by atoms with Crippen molar-refractivity contribution in [1.82, 2.24) is 10.3 Å². The van der Waals surface area contributed by atoms with Crippen molar-refractivity contribution in [3.8, 4) is 0 Å². The molecule has 2 rings (SSSR count). The normalized spacial score (nSPS) is 18.1. The quantitative estimate of drug-likeness (QED) is 0.825. The molecule has 1 N–H and O–H groups in total. The zero-order chi connectivity index (χ0) is 9.97. The number of hydrogen-bond acceptors (Lipinski definition) is 2. The summed E-state index contributed by atoms with van der Waals surface area (Å²) in [4.78, 5) is 4.30. The minimum Gasteiger partial charge on any atom is -0.316 e. The van der Waals surface area contributed by atoms with Gasteiger partial charge in [-0.2, -0.15) is 0 Å². The second-order valence-corrected chi connectivity index (χ2v) is 4.28. The Morgan fingerprint density at radius 2 is 2.43 bits per heavy atom. The van der Waals surface area contributed by atoms with Gasteiger partial charge in [-0.15, -0.1) is 0 Å². The van der Waals surface area contributed by atoms with Crippen molar-refractivity contribution in [3.05, 3.63) is 29.0 Å². The number of likely N-dealkylation sites (N-methyl/N-ethyl adjacent to an activating group) is 1. The first-order valence-corrected chi connectivity index (χ1v) is 5.45. The highest BCUT2D eigenvalue weighted by molar-refractivity contribution is 6.31. The van der Waals surface area contributed by atoms with Gasteiger partial charge in [0.15, 0.2) is 0 Å². The summed E-state index contributed by atoms with van der Waals surface area (Å²) >= 11 is 6.06. The van der Waals surface area contributed by atoms with Gasteiger partial charge in [-0.05, 0) is 37.9 Å². The molecule has 0 saturated heterocycles. The fourth-order valence-electron chi connectivity index (χ4n) is 1.78. The Hall–Kier alpha value is -0.600. The predicted molar refractivity (Wildman–Crippen MR) is 58.5 cm³/mol. The van der Waals surface area contributed by atoms with E-state index in [2.05, 4.69) is 10.3 Å². The van der Waals surface area contributed by atoms with E-state index in [-0.39, 0.29) is 0 Å². The summed E-state index contributed by atoms with van der Waals surface area (Å²) in [6.45, 7) is 0. The molecule has 1 aromatic heterocycles. The first-order chi connectivity index (χ1) is 6.81. The average molecular weight is 211 g/mol. The number of halogens is 1. The molecule has 2 nitrogen and oxygen atoms in total. The molecule has 1 atom stereocenters. The fourth-order valence-corrected chi connectivity index (χ4v) is 1.98. The van der Waals surface area contributed by atoms with E-state index in [0.717, 1.165) is 23.1 Å². The lowest BCUT2D eigenvalue weighted by Gasteiger charge is -2.15. The number of hydrogen-bond donors (Lipinski definition) is 1. The van der Waals surface area contributed by atoms with E-state index in [0.29, 0.717) is 6.04 Å². The Kier molecular flexibility index (Phi) is 3.04. The minimum absolute atomic E-state index is 0.544. The predicted octanol–water partition coefficient (Wildman–Crippen LogP) is 2.28. The van der Waals surface area contributed by atoms with E-state index < -0.39 is 0 Å². The lowest BCUT2D eigenvalue weighted by Crippen LogP contribution is -2.30. The van der Waals surface area contributed by atoms with Gasteiger partial charge in [0.2, 0.25) is 0 Å². The van der Waals surface area contributed by atoms with E-state index in [9.17, 15) is 0 Å². The molecule has 0 aromatic carbocycles. The molecule has 1 fully saturated rings. The molecule has 1 aliphatic rings. The molecule has 1 aromatic rings. The Balaban J connectivity index is 2.04. The highest BCUT2D eigenvalue weighted by Gasteiger charge is 2.30. The molecule has 3 heteroatoms. The van der Waals surface area contributed by atoms with Crippen LogP contribution in [0.3, 0.4) is 0 Å². The maximum Gasteiger partial charge on any atom is 0.0622 e. The van der Waals surface area contributed by atoms with Gasteiger partial charge in [0.25, 0.3) is 0 Å². The summed E-state index contributed by atoms with van der Waals surface area (Å²) in [5, 5.41) is 4.13. The van der Waals surface area contributed by atoms with Crippen LogP contribution in [0, 0.1) is 5.92 Å². The van der Waals surface area contributed by atoms with E-state index in [1.807, 2.05) is 19.2 Å².